The maximum Gasteiger partial charge on any atom is 0.244 e. The molecule has 1 amide bonds. The van der Waals surface area contributed by atoms with E-state index in [4.69, 9.17) is 0 Å². The number of carbonyl (C=O) groups excluding carboxylic acids is 1. The van der Waals surface area contributed by atoms with Crippen molar-refractivity contribution in [2.75, 3.05) is 5.32 Å². The van der Waals surface area contributed by atoms with Crippen molar-refractivity contribution in [1.82, 2.24) is 14.5 Å². The molecular weight excluding hydrogens is 412 g/mol. The van der Waals surface area contributed by atoms with Crippen LogP contribution in [0.3, 0.4) is 0 Å². The first-order valence-corrected chi connectivity index (χ1v) is 9.75. The van der Waals surface area contributed by atoms with Gasteiger partial charge in [0.05, 0.1) is 22.2 Å². The number of hydrogen-bond acceptors (Lipinski definition) is 4. The van der Waals surface area contributed by atoms with Crippen molar-refractivity contribution >= 4 is 49.9 Å². The number of hydrogen-bond donors (Lipinski definition) is 1. The fraction of sp³-hybridized carbons (Fsp3) is 0.105. The first-order chi connectivity index (χ1) is 12.6. The average molecular weight is 427 g/mol. The molecule has 130 valence electrons. The molecule has 4 aromatic rings. The van der Waals surface area contributed by atoms with Gasteiger partial charge in [-0.05, 0) is 52.7 Å². The number of imidazole rings is 1. The monoisotopic (exact) mass is 426 g/mol. The van der Waals surface area contributed by atoms with Crippen LogP contribution in [0.5, 0.6) is 0 Å². The second-order valence-electron chi connectivity index (χ2n) is 5.92. The molecule has 2 heterocycles. The minimum absolute atomic E-state index is 0.116. The normalized spacial score (nSPS) is 11.0. The van der Waals surface area contributed by atoms with Crippen molar-refractivity contribution in [2.24, 2.45) is 0 Å². The number of thiazole rings is 1. The molecule has 5 nitrogen and oxygen atoms in total. The van der Waals surface area contributed by atoms with Crippen molar-refractivity contribution < 1.29 is 4.79 Å². The molecule has 0 aliphatic carbocycles. The molecule has 7 heteroatoms. The van der Waals surface area contributed by atoms with Gasteiger partial charge < -0.3 is 9.88 Å². The van der Waals surface area contributed by atoms with Crippen LogP contribution in [-0.4, -0.2) is 20.4 Å². The zero-order valence-electron chi connectivity index (χ0n) is 13.9. The molecule has 4 rings (SSSR count). The lowest BCUT2D eigenvalue weighted by Crippen LogP contribution is -2.19. The number of aromatic nitrogens is 3. The van der Waals surface area contributed by atoms with E-state index in [0.29, 0.717) is 5.82 Å². The number of rotatable bonds is 4. The van der Waals surface area contributed by atoms with Crippen molar-refractivity contribution in [2.45, 2.75) is 13.5 Å². The molecule has 0 saturated carbocycles. The summed E-state index contributed by atoms with van der Waals surface area (Å²) in [7, 11) is 0. The molecule has 0 radical (unpaired) electrons. The van der Waals surface area contributed by atoms with Crippen LogP contribution in [0.15, 0.2) is 57.8 Å². The Hall–Kier alpha value is -2.51. The maximum absolute atomic E-state index is 12.7. The maximum atomic E-state index is 12.7. The summed E-state index contributed by atoms with van der Waals surface area (Å²) < 4.78 is 2.77. The number of nitrogens with one attached hydrogen (secondary N) is 1. The second kappa shape index (κ2) is 7.01. The number of anilines is 1. The van der Waals surface area contributed by atoms with E-state index in [1.54, 1.807) is 5.51 Å². The molecule has 1 N–H and O–H groups in total. The number of halogens is 1. The third-order valence-corrected chi connectivity index (χ3v) is 5.26. The molecule has 2 aromatic carbocycles. The van der Waals surface area contributed by atoms with E-state index in [-0.39, 0.29) is 12.5 Å². The minimum Gasteiger partial charge on any atom is -0.324 e. The predicted molar refractivity (Wildman–Crippen MR) is 108 cm³/mol. The number of nitrogens with zero attached hydrogens (tertiary/aromatic N) is 3. The standard InChI is InChI=1S/C19H15BrN4OS/c1-12-6-7-14(13(20)8-12)22-18(25)9-24-17-5-3-2-4-15(17)23-19(24)16-10-26-11-21-16/h2-8,10-11H,9H2,1H3,(H,22,25). The Morgan fingerprint density at radius 1 is 1.27 bits per heavy atom. The molecule has 0 aliphatic rings. The topological polar surface area (TPSA) is 59.8 Å². The number of fused-ring (bicyclic) bond motifs is 1. The van der Waals surface area contributed by atoms with Gasteiger partial charge in [-0.15, -0.1) is 11.3 Å². The van der Waals surface area contributed by atoms with Crippen LogP contribution in [-0.2, 0) is 11.3 Å². The van der Waals surface area contributed by atoms with Crippen molar-refractivity contribution in [1.29, 1.82) is 0 Å². The van der Waals surface area contributed by atoms with Gasteiger partial charge in [0, 0.05) is 9.85 Å². The molecule has 0 unspecified atom stereocenters. The summed E-state index contributed by atoms with van der Waals surface area (Å²) in [6.45, 7) is 2.17. The van der Waals surface area contributed by atoms with Crippen LogP contribution in [0.1, 0.15) is 5.56 Å². The highest BCUT2D eigenvalue weighted by molar-refractivity contribution is 9.10. The number of benzene rings is 2. The first kappa shape index (κ1) is 16.9. The fourth-order valence-electron chi connectivity index (χ4n) is 2.81. The van der Waals surface area contributed by atoms with Crippen LogP contribution in [0.4, 0.5) is 5.69 Å². The summed E-state index contributed by atoms with van der Waals surface area (Å²) in [5, 5.41) is 4.90. The van der Waals surface area contributed by atoms with E-state index in [0.717, 1.165) is 32.5 Å². The summed E-state index contributed by atoms with van der Waals surface area (Å²) in [6, 6.07) is 13.6. The minimum atomic E-state index is -0.116. The highest BCUT2D eigenvalue weighted by Gasteiger charge is 2.16. The lowest BCUT2D eigenvalue weighted by Gasteiger charge is -2.11. The Morgan fingerprint density at radius 2 is 2.12 bits per heavy atom. The largest absolute Gasteiger partial charge is 0.324 e. The summed E-state index contributed by atoms with van der Waals surface area (Å²) >= 11 is 5.00. The third kappa shape index (κ3) is 3.27. The highest BCUT2D eigenvalue weighted by Crippen LogP contribution is 2.26. The van der Waals surface area contributed by atoms with Crippen LogP contribution in [0, 0.1) is 6.92 Å². The zero-order valence-corrected chi connectivity index (χ0v) is 16.3. The van der Waals surface area contributed by atoms with Gasteiger partial charge in [-0.1, -0.05) is 18.2 Å². The lowest BCUT2D eigenvalue weighted by molar-refractivity contribution is -0.116. The molecule has 0 saturated heterocycles. The molecule has 2 aromatic heterocycles. The van der Waals surface area contributed by atoms with Gasteiger partial charge >= 0.3 is 0 Å². The van der Waals surface area contributed by atoms with Gasteiger partial charge in [-0.3, -0.25) is 4.79 Å². The molecule has 0 bridgehead atoms. The van der Waals surface area contributed by atoms with Gasteiger partial charge in [0.1, 0.15) is 12.2 Å². The lowest BCUT2D eigenvalue weighted by atomic mass is 10.2. The van der Waals surface area contributed by atoms with E-state index in [9.17, 15) is 4.79 Å². The smallest absolute Gasteiger partial charge is 0.244 e. The van der Waals surface area contributed by atoms with Crippen molar-refractivity contribution in [3.8, 4) is 11.5 Å². The average Bonchev–Trinajstić information content (AvgIpc) is 3.26. The Morgan fingerprint density at radius 3 is 2.88 bits per heavy atom. The van der Waals surface area contributed by atoms with Crippen molar-refractivity contribution in [3.63, 3.8) is 0 Å². The van der Waals surface area contributed by atoms with Gasteiger partial charge in [0.2, 0.25) is 5.91 Å². The molecule has 0 aliphatic heterocycles. The molecular formula is C19H15BrN4OS. The molecule has 0 spiro atoms. The van der Waals surface area contributed by atoms with E-state index in [1.807, 2.05) is 59.3 Å². The molecule has 26 heavy (non-hydrogen) atoms. The summed E-state index contributed by atoms with van der Waals surface area (Å²) in [6.07, 6.45) is 0. The van der Waals surface area contributed by atoms with Crippen molar-refractivity contribution in [3.05, 3.63) is 63.4 Å². The quantitative estimate of drug-likeness (QED) is 0.506. The SMILES string of the molecule is Cc1ccc(NC(=O)Cn2c(-c3cscn3)nc3ccccc32)c(Br)c1. The number of aryl methyl sites for hydroxylation is 1. The molecule has 0 fully saturated rings. The van der Waals surface area contributed by atoms with E-state index < -0.39 is 0 Å². The van der Waals surface area contributed by atoms with Crippen LogP contribution >= 0.6 is 27.3 Å². The Labute approximate surface area is 162 Å². The number of carbonyl (C=O) groups is 1. The molecule has 0 atom stereocenters. The Bertz CT molecular complexity index is 1090. The summed E-state index contributed by atoms with van der Waals surface area (Å²) in [4.78, 5) is 21.7. The highest BCUT2D eigenvalue weighted by atomic mass is 79.9. The summed E-state index contributed by atoms with van der Waals surface area (Å²) in [5.74, 6) is 0.583. The van der Waals surface area contributed by atoms with Gasteiger partial charge in [-0.2, -0.15) is 0 Å². The fourth-order valence-corrected chi connectivity index (χ4v) is 3.93. The van der Waals surface area contributed by atoms with E-state index >= 15 is 0 Å². The number of amides is 1. The van der Waals surface area contributed by atoms with Gasteiger partial charge in [0.15, 0.2) is 5.82 Å². The number of para-hydroxylation sites is 2. The van der Waals surface area contributed by atoms with Crippen LogP contribution in [0.2, 0.25) is 0 Å². The predicted octanol–water partition coefficient (Wildman–Crippen LogP) is 4.87. The Kier molecular flexibility index (Phi) is 4.57. The summed E-state index contributed by atoms with van der Waals surface area (Å²) in [5.41, 5.74) is 6.17. The van der Waals surface area contributed by atoms with E-state index in [2.05, 4.69) is 31.2 Å². The van der Waals surface area contributed by atoms with Crippen LogP contribution in [0.25, 0.3) is 22.6 Å². The third-order valence-electron chi connectivity index (χ3n) is 4.02. The Balaban J connectivity index is 1.68. The van der Waals surface area contributed by atoms with Crippen LogP contribution < -0.4 is 5.32 Å². The van der Waals surface area contributed by atoms with Gasteiger partial charge in [-0.25, -0.2) is 9.97 Å². The van der Waals surface area contributed by atoms with E-state index in [1.165, 1.54) is 11.3 Å². The first-order valence-electron chi connectivity index (χ1n) is 8.01. The zero-order chi connectivity index (χ0) is 18.1. The second-order valence-corrected chi connectivity index (χ2v) is 7.49. The van der Waals surface area contributed by atoms with Gasteiger partial charge in [0.25, 0.3) is 0 Å².